The smallest absolute Gasteiger partial charge is 0.128 e. The number of aromatic hydroxyl groups is 1. The number of piperidine rings is 1. The molecule has 0 aromatic heterocycles. The molecule has 3 nitrogen and oxygen atoms in total. The molecule has 0 saturated carbocycles. The van der Waals surface area contributed by atoms with Crippen LogP contribution >= 0.6 is 22.6 Å². The first-order valence-corrected chi connectivity index (χ1v) is 10.1. The van der Waals surface area contributed by atoms with Gasteiger partial charge in [0.15, 0.2) is 0 Å². The third kappa shape index (κ3) is 4.74. The number of hydrogen-bond acceptors (Lipinski definition) is 3. The minimum atomic E-state index is -0.528. The number of aliphatic hydroxyl groups excluding tert-OH is 1. The van der Waals surface area contributed by atoms with Crippen LogP contribution < -0.4 is 0 Å². The lowest BCUT2D eigenvalue weighted by Crippen LogP contribution is -2.43. The van der Waals surface area contributed by atoms with Crippen LogP contribution in [0.4, 0.5) is 0 Å². The molecule has 3 rings (SSSR count). The number of nitrogens with zero attached hydrogens (tertiary/aromatic N) is 1. The summed E-state index contributed by atoms with van der Waals surface area (Å²) >= 11 is 2.10. The summed E-state index contributed by atoms with van der Waals surface area (Å²) < 4.78 is 0.780. The van der Waals surface area contributed by atoms with Crippen molar-refractivity contribution in [3.8, 4) is 5.75 Å². The number of hydrogen-bond donors (Lipinski definition) is 2. The fourth-order valence-electron chi connectivity index (χ4n) is 3.70. The average Bonchev–Trinajstić information content (AvgIpc) is 2.64. The minimum Gasteiger partial charge on any atom is -0.507 e. The molecule has 1 fully saturated rings. The van der Waals surface area contributed by atoms with E-state index in [0.29, 0.717) is 0 Å². The molecule has 2 N–H and O–H groups in total. The van der Waals surface area contributed by atoms with E-state index >= 15 is 0 Å². The number of rotatable bonds is 5. The fourth-order valence-corrected chi connectivity index (χ4v) is 4.24. The molecule has 2 aromatic carbocycles. The van der Waals surface area contributed by atoms with Crippen molar-refractivity contribution in [2.75, 3.05) is 13.1 Å². The zero-order valence-corrected chi connectivity index (χ0v) is 16.8. The summed E-state index contributed by atoms with van der Waals surface area (Å²) in [5.74, 6) is 1.00. The standard InChI is InChI=1S/C21H26INO2/c1-15(21(25)18-7-8-20(24)19(22)14-18)23-11-9-17(10-12-23)13-16-5-3-2-4-6-16/h2-8,14-15,17,21,24-25H,9-13H2,1H3/t15-,21-/m0/s1/i22-2. The maximum Gasteiger partial charge on any atom is 0.128 e. The second-order valence-electron chi connectivity index (χ2n) is 7.07. The van der Waals surface area contributed by atoms with Crippen LogP contribution in [0.1, 0.15) is 37.0 Å². The highest BCUT2D eigenvalue weighted by atomic mass is 125. The molecule has 0 bridgehead atoms. The van der Waals surface area contributed by atoms with E-state index in [0.717, 1.165) is 34.6 Å². The van der Waals surface area contributed by atoms with Crippen LogP contribution in [0.15, 0.2) is 48.5 Å². The van der Waals surface area contributed by atoms with E-state index in [4.69, 9.17) is 0 Å². The van der Waals surface area contributed by atoms with Gasteiger partial charge in [-0.25, -0.2) is 0 Å². The van der Waals surface area contributed by atoms with Crippen molar-refractivity contribution in [3.63, 3.8) is 0 Å². The predicted molar refractivity (Wildman–Crippen MR) is 110 cm³/mol. The topological polar surface area (TPSA) is 43.7 Å². The molecule has 4 heteroatoms. The Balaban J connectivity index is 1.55. The van der Waals surface area contributed by atoms with Crippen molar-refractivity contribution in [1.82, 2.24) is 4.90 Å². The van der Waals surface area contributed by atoms with E-state index in [9.17, 15) is 10.2 Å². The third-order valence-corrected chi connectivity index (χ3v) is 6.23. The first-order chi connectivity index (χ1) is 12.0. The fraction of sp³-hybridized carbons (Fsp3) is 0.429. The Morgan fingerprint density at radius 1 is 1.12 bits per heavy atom. The molecule has 0 radical (unpaired) electrons. The van der Waals surface area contributed by atoms with Crippen molar-refractivity contribution in [1.29, 1.82) is 0 Å². The van der Waals surface area contributed by atoms with Crippen molar-refractivity contribution in [3.05, 3.63) is 63.2 Å². The van der Waals surface area contributed by atoms with Gasteiger partial charge < -0.3 is 10.2 Å². The molecule has 25 heavy (non-hydrogen) atoms. The average molecular weight is 449 g/mol. The Hall–Kier alpha value is -1.11. The van der Waals surface area contributed by atoms with Crippen LogP contribution in [0.5, 0.6) is 5.75 Å². The van der Waals surface area contributed by atoms with Gasteiger partial charge in [-0.1, -0.05) is 36.4 Å². The van der Waals surface area contributed by atoms with Crippen molar-refractivity contribution < 1.29 is 10.2 Å². The zero-order valence-electron chi connectivity index (χ0n) is 14.6. The Bertz CT molecular complexity index is 684. The molecule has 1 aliphatic heterocycles. The summed E-state index contributed by atoms with van der Waals surface area (Å²) in [6, 6.07) is 16.2. The Morgan fingerprint density at radius 3 is 2.44 bits per heavy atom. The summed E-state index contributed by atoms with van der Waals surface area (Å²) in [7, 11) is 0. The number of phenolic OH excluding ortho intramolecular Hbond substituents is 1. The summed E-state index contributed by atoms with van der Waals surface area (Å²) in [6.07, 6.45) is 2.99. The minimum absolute atomic E-state index is 0.0815. The molecule has 0 amide bonds. The molecule has 1 heterocycles. The first-order valence-electron chi connectivity index (χ1n) is 8.99. The normalized spacial score (nSPS) is 18.8. The second kappa shape index (κ2) is 8.52. The monoisotopic (exact) mass is 449 g/mol. The lowest BCUT2D eigenvalue weighted by Gasteiger charge is -2.38. The number of likely N-dealkylation sites (tertiary alicyclic amines) is 1. The van der Waals surface area contributed by atoms with Crippen molar-refractivity contribution in [2.45, 2.75) is 38.3 Å². The highest BCUT2D eigenvalue weighted by Crippen LogP contribution is 2.30. The quantitative estimate of drug-likeness (QED) is 0.667. The van der Waals surface area contributed by atoms with Crippen LogP contribution in [0, 0.1) is 9.49 Å². The van der Waals surface area contributed by atoms with Gasteiger partial charge in [-0.3, -0.25) is 4.90 Å². The van der Waals surface area contributed by atoms with Gasteiger partial charge >= 0.3 is 0 Å². The van der Waals surface area contributed by atoms with Crippen LogP contribution in [0.25, 0.3) is 0 Å². The molecular weight excluding hydrogens is 423 g/mol. The van der Waals surface area contributed by atoms with Crippen LogP contribution in [-0.2, 0) is 6.42 Å². The SMILES string of the molecule is C[C@@H]([C@H](O)c1ccc(O)c([125I])c1)N1CCC(Cc2ccccc2)CC1. The summed E-state index contributed by atoms with van der Waals surface area (Å²) in [6.45, 7) is 4.16. The predicted octanol–water partition coefficient (Wildman–Crippen LogP) is 4.37. The first kappa shape index (κ1) is 18.7. The number of halogens is 1. The molecule has 1 aliphatic rings. The van der Waals surface area contributed by atoms with Crippen LogP contribution in [0.3, 0.4) is 0 Å². The Kier molecular flexibility index (Phi) is 6.36. The van der Waals surface area contributed by atoms with E-state index in [-0.39, 0.29) is 11.8 Å². The Morgan fingerprint density at radius 2 is 1.80 bits per heavy atom. The van der Waals surface area contributed by atoms with E-state index in [2.05, 4.69) is 64.7 Å². The van der Waals surface area contributed by atoms with Gasteiger partial charge in [-0.15, -0.1) is 0 Å². The molecule has 1 saturated heterocycles. The third-order valence-electron chi connectivity index (χ3n) is 5.36. The summed E-state index contributed by atoms with van der Waals surface area (Å²) in [5.41, 5.74) is 2.30. The van der Waals surface area contributed by atoms with Crippen molar-refractivity contribution >= 4 is 22.6 Å². The lowest BCUT2D eigenvalue weighted by atomic mass is 9.89. The van der Waals surface area contributed by atoms with E-state index in [1.165, 1.54) is 18.4 Å². The van der Waals surface area contributed by atoms with Gasteiger partial charge in [-0.2, -0.15) is 0 Å². The largest absolute Gasteiger partial charge is 0.507 e. The molecule has 0 aliphatic carbocycles. The highest BCUT2D eigenvalue weighted by molar-refractivity contribution is 14.1. The second-order valence-corrected chi connectivity index (χ2v) is 8.23. The maximum atomic E-state index is 10.7. The molecule has 2 aromatic rings. The van der Waals surface area contributed by atoms with Crippen molar-refractivity contribution in [2.24, 2.45) is 5.92 Å². The lowest BCUT2D eigenvalue weighted by molar-refractivity contribution is 0.0373. The molecular formula is C21H26INO2. The van der Waals surface area contributed by atoms with Crippen LogP contribution in [0.2, 0.25) is 0 Å². The maximum absolute atomic E-state index is 10.7. The number of phenols is 1. The van der Waals surface area contributed by atoms with Gasteiger partial charge in [0.25, 0.3) is 0 Å². The van der Waals surface area contributed by atoms with Gasteiger partial charge in [0.05, 0.1) is 9.67 Å². The number of benzene rings is 2. The van der Waals surface area contributed by atoms with E-state index in [1.807, 2.05) is 12.1 Å². The van der Waals surface area contributed by atoms with Gasteiger partial charge in [0.2, 0.25) is 0 Å². The zero-order chi connectivity index (χ0) is 17.8. The van der Waals surface area contributed by atoms with Gasteiger partial charge in [-0.05, 0) is 91.0 Å². The summed E-state index contributed by atoms with van der Waals surface area (Å²) in [5, 5.41) is 20.4. The molecule has 0 spiro atoms. The molecule has 2 atom stereocenters. The van der Waals surface area contributed by atoms with E-state index in [1.54, 1.807) is 6.07 Å². The number of aliphatic hydroxyl groups is 1. The van der Waals surface area contributed by atoms with Crippen LogP contribution in [-0.4, -0.2) is 34.2 Å². The van der Waals surface area contributed by atoms with E-state index < -0.39 is 6.10 Å². The van der Waals surface area contributed by atoms with Gasteiger partial charge in [0, 0.05) is 6.04 Å². The van der Waals surface area contributed by atoms with Gasteiger partial charge in [0.1, 0.15) is 5.75 Å². The molecule has 134 valence electrons. The highest BCUT2D eigenvalue weighted by Gasteiger charge is 2.27. The molecule has 0 unspecified atom stereocenters. The summed E-state index contributed by atoms with van der Waals surface area (Å²) in [4.78, 5) is 2.39. The Labute approximate surface area is 163 Å².